The number of carboxylic acids is 2. The number of hydrogen-bond donors (Lipinski definition) is 3. The van der Waals surface area contributed by atoms with Crippen molar-refractivity contribution in [1.82, 2.24) is 0 Å². The molecule has 0 spiro atoms. The van der Waals surface area contributed by atoms with Crippen molar-refractivity contribution in [2.45, 2.75) is 6.04 Å². The lowest BCUT2D eigenvalue weighted by atomic mass is 10.0. The third-order valence-corrected chi connectivity index (χ3v) is 2.38. The van der Waals surface area contributed by atoms with Gasteiger partial charge in [-0.05, 0) is 6.07 Å². The lowest BCUT2D eigenvalue weighted by molar-refractivity contribution is -0.138. The summed E-state index contributed by atoms with van der Waals surface area (Å²) in [6.45, 7) is 0. The number of ether oxygens (including phenoxy) is 2. The summed E-state index contributed by atoms with van der Waals surface area (Å²) in [6, 6.07) is 1.06. The molecule has 0 aromatic heterocycles. The predicted octanol–water partition coefficient (Wildman–Crippen LogP) is 0.486. The molecular weight excluding hydrogens is 242 g/mol. The molecule has 98 valence electrons. The van der Waals surface area contributed by atoms with Gasteiger partial charge in [0.1, 0.15) is 23.1 Å². The molecule has 4 N–H and O–H groups in total. The molecular formula is C11H13NO6. The van der Waals surface area contributed by atoms with Gasteiger partial charge in [0.2, 0.25) is 0 Å². The molecule has 18 heavy (non-hydrogen) atoms. The third-order valence-electron chi connectivity index (χ3n) is 2.38. The van der Waals surface area contributed by atoms with E-state index in [0.29, 0.717) is 0 Å². The van der Waals surface area contributed by atoms with E-state index in [-0.39, 0.29) is 22.6 Å². The van der Waals surface area contributed by atoms with Crippen LogP contribution in [-0.2, 0) is 4.79 Å². The molecule has 0 saturated heterocycles. The molecule has 1 rings (SSSR count). The summed E-state index contributed by atoms with van der Waals surface area (Å²) in [7, 11) is 2.63. The van der Waals surface area contributed by atoms with Gasteiger partial charge in [-0.25, -0.2) is 4.79 Å². The van der Waals surface area contributed by atoms with Gasteiger partial charge < -0.3 is 25.4 Å². The monoisotopic (exact) mass is 255 g/mol. The van der Waals surface area contributed by atoms with E-state index >= 15 is 0 Å². The first kappa shape index (κ1) is 13.8. The molecule has 0 amide bonds. The van der Waals surface area contributed by atoms with Gasteiger partial charge in [0, 0.05) is 11.6 Å². The number of benzene rings is 1. The van der Waals surface area contributed by atoms with Gasteiger partial charge in [-0.1, -0.05) is 0 Å². The van der Waals surface area contributed by atoms with E-state index in [9.17, 15) is 9.59 Å². The van der Waals surface area contributed by atoms with Gasteiger partial charge in [-0.3, -0.25) is 4.79 Å². The van der Waals surface area contributed by atoms with Gasteiger partial charge in [-0.2, -0.15) is 0 Å². The number of carboxylic acid groups (broad SMARTS) is 2. The SMILES string of the molecule is COc1cc(OC)c(C(N)C(=O)O)cc1C(=O)O. The zero-order valence-corrected chi connectivity index (χ0v) is 9.84. The lowest BCUT2D eigenvalue weighted by Gasteiger charge is -2.15. The van der Waals surface area contributed by atoms with Crippen LogP contribution in [0.15, 0.2) is 12.1 Å². The van der Waals surface area contributed by atoms with Crippen LogP contribution in [0, 0.1) is 0 Å². The van der Waals surface area contributed by atoms with Gasteiger partial charge in [0.25, 0.3) is 0 Å². The van der Waals surface area contributed by atoms with Crippen molar-refractivity contribution in [2.24, 2.45) is 5.73 Å². The van der Waals surface area contributed by atoms with Crippen molar-refractivity contribution in [1.29, 1.82) is 0 Å². The van der Waals surface area contributed by atoms with Crippen molar-refractivity contribution in [2.75, 3.05) is 14.2 Å². The fraction of sp³-hybridized carbons (Fsp3) is 0.273. The zero-order valence-electron chi connectivity index (χ0n) is 9.84. The number of aliphatic carboxylic acids is 1. The summed E-state index contributed by atoms with van der Waals surface area (Å²) in [5.41, 5.74) is 5.36. The molecule has 1 aromatic carbocycles. The maximum Gasteiger partial charge on any atom is 0.339 e. The largest absolute Gasteiger partial charge is 0.496 e. The first-order valence-corrected chi connectivity index (χ1v) is 4.90. The quantitative estimate of drug-likeness (QED) is 0.700. The van der Waals surface area contributed by atoms with E-state index < -0.39 is 18.0 Å². The molecule has 1 atom stereocenters. The Morgan fingerprint density at radius 2 is 1.72 bits per heavy atom. The summed E-state index contributed by atoms with van der Waals surface area (Å²) >= 11 is 0. The Bertz CT molecular complexity index is 485. The maximum atomic E-state index is 11.0. The molecule has 1 aromatic rings. The molecule has 0 radical (unpaired) electrons. The number of nitrogens with two attached hydrogens (primary N) is 1. The van der Waals surface area contributed by atoms with Crippen LogP contribution in [0.3, 0.4) is 0 Å². The van der Waals surface area contributed by atoms with Crippen LogP contribution in [0.1, 0.15) is 22.0 Å². The second kappa shape index (κ2) is 5.37. The summed E-state index contributed by atoms with van der Waals surface area (Å²) in [5, 5.41) is 17.8. The second-order valence-electron chi connectivity index (χ2n) is 3.42. The van der Waals surface area contributed by atoms with Crippen LogP contribution in [-0.4, -0.2) is 36.4 Å². The number of aromatic carboxylic acids is 1. The Kier molecular flexibility index (Phi) is 4.11. The van der Waals surface area contributed by atoms with Crippen molar-refractivity contribution in [3.8, 4) is 11.5 Å². The van der Waals surface area contributed by atoms with E-state index in [1.165, 1.54) is 20.3 Å². The zero-order chi connectivity index (χ0) is 13.9. The highest BCUT2D eigenvalue weighted by Crippen LogP contribution is 2.32. The molecule has 0 fully saturated rings. The van der Waals surface area contributed by atoms with Crippen molar-refractivity contribution < 1.29 is 29.3 Å². The average molecular weight is 255 g/mol. The minimum absolute atomic E-state index is 0.0701. The van der Waals surface area contributed by atoms with Gasteiger partial charge >= 0.3 is 11.9 Å². The molecule has 0 bridgehead atoms. The van der Waals surface area contributed by atoms with Gasteiger partial charge in [-0.15, -0.1) is 0 Å². The smallest absolute Gasteiger partial charge is 0.339 e. The summed E-state index contributed by atoms with van der Waals surface area (Å²) in [5.74, 6) is -2.30. The van der Waals surface area contributed by atoms with Crippen LogP contribution in [0.2, 0.25) is 0 Å². The predicted molar refractivity (Wildman–Crippen MR) is 61.1 cm³/mol. The van der Waals surface area contributed by atoms with E-state index in [0.717, 1.165) is 6.07 Å². The summed E-state index contributed by atoms with van der Waals surface area (Å²) in [6.07, 6.45) is 0. The molecule has 0 heterocycles. The normalized spacial score (nSPS) is 11.7. The van der Waals surface area contributed by atoms with Crippen LogP contribution >= 0.6 is 0 Å². The standard InChI is InChI=1S/C11H13NO6/c1-17-7-4-8(18-2)6(10(13)14)3-5(7)9(12)11(15)16/h3-4,9H,12H2,1-2H3,(H,13,14)(H,15,16). The van der Waals surface area contributed by atoms with Gasteiger partial charge in [0.15, 0.2) is 0 Å². The van der Waals surface area contributed by atoms with E-state index in [1.54, 1.807) is 0 Å². The minimum atomic E-state index is -1.37. The molecule has 0 aliphatic rings. The Morgan fingerprint density at radius 3 is 2.11 bits per heavy atom. The first-order chi connectivity index (χ1) is 8.42. The highest BCUT2D eigenvalue weighted by molar-refractivity contribution is 5.92. The second-order valence-corrected chi connectivity index (χ2v) is 3.42. The molecule has 0 aliphatic carbocycles. The van der Waals surface area contributed by atoms with E-state index in [1.807, 2.05) is 0 Å². The third kappa shape index (κ3) is 2.51. The number of hydrogen-bond acceptors (Lipinski definition) is 5. The van der Waals surface area contributed by atoms with Crippen LogP contribution in [0.25, 0.3) is 0 Å². The average Bonchev–Trinajstić information content (AvgIpc) is 2.35. The van der Waals surface area contributed by atoms with Crippen molar-refractivity contribution in [3.05, 3.63) is 23.3 Å². The topological polar surface area (TPSA) is 119 Å². The molecule has 1 unspecified atom stereocenters. The molecule has 0 saturated carbocycles. The summed E-state index contributed by atoms with van der Waals surface area (Å²) in [4.78, 5) is 21.9. The van der Waals surface area contributed by atoms with E-state index in [2.05, 4.69) is 0 Å². The minimum Gasteiger partial charge on any atom is -0.496 e. The Morgan fingerprint density at radius 1 is 1.17 bits per heavy atom. The Labute approximate surface area is 103 Å². The molecule has 7 heteroatoms. The van der Waals surface area contributed by atoms with Crippen LogP contribution < -0.4 is 15.2 Å². The number of carbonyl (C=O) groups is 2. The highest BCUT2D eigenvalue weighted by atomic mass is 16.5. The number of methoxy groups -OCH3 is 2. The Hall–Kier alpha value is -2.28. The number of rotatable bonds is 5. The fourth-order valence-electron chi connectivity index (χ4n) is 1.47. The molecule has 0 aliphatic heterocycles. The maximum absolute atomic E-state index is 11.0. The van der Waals surface area contributed by atoms with Crippen molar-refractivity contribution >= 4 is 11.9 Å². The van der Waals surface area contributed by atoms with Gasteiger partial charge in [0.05, 0.1) is 14.2 Å². The lowest BCUT2D eigenvalue weighted by Crippen LogP contribution is -2.22. The Balaban J connectivity index is 3.45. The van der Waals surface area contributed by atoms with E-state index in [4.69, 9.17) is 25.4 Å². The first-order valence-electron chi connectivity index (χ1n) is 4.90. The van der Waals surface area contributed by atoms with Crippen molar-refractivity contribution in [3.63, 3.8) is 0 Å². The van der Waals surface area contributed by atoms with Crippen LogP contribution in [0.4, 0.5) is 0 Å². The molecule has 7 nitrogen and oxygen atoms in total. The van der Waals surface area contributed by atoms with Crippen LogP contribution in [0.5, 0.6) is 11.5 Å². The summed E-state index contributed by atoms with van der Waals surface area (Å²) < 4.78 is 9.87. The fourth-order valence-corrected chi connectivity index (χ4v) is 1.47. The highest BCUT2D eigenvalue weighted by Gasteiger charge is 2.23.